The first-order chi connectivity index (χ1) is 14.3. The molecule has 0 amide bonds. The Bertz CT molecular complexity index is 980. The molecule has 1 fully saturated rings. The van der Waals surface area contributed by atoms with Crippen molar-refractivity contribution in [3.05, 3.63) is 41.6 Å². The molecule has 30 heavy (non-hydrogen) atoms. The van der Waals surface area contributed by atoms with Crippen LogP contribution in [-0.2, 0) is 5.41 Å². The van der Waals surface area contributed by atoms with Gasteiger partial charge in [0.15, 0.2) is 11.0 Å². The van der Waals surface area contributed by atoms with Crippen LogP contribution in [0.1, 0.15) is 88.4 Å². The highest BCUT2D eigenvalue weighted by Crippen LogP contribution is 2.40. The Morgan fingerprint density at radius 1 is 1.00 bits per heavy atom. The van der Waals surface area contributed by atoms with Crippen molar-refractivity contribution in [2.75, 3.05) is 0 Å². The van der Waals surface area contributed by atoms with Gasteiger partial charge in [0.1, 0.15) is 0 Å². The van der Waals surface area contributed by atoms with E-state index in [1.807, 2.05) is 6.92 Å². The summed E-state index contributed by atoms with van der Waals surface area (Å²) >= 11 is 1.65. The highest BCUT2D eigenvalue weighted by atomic mass is 32.2. The number of hydrogen-bond donors (Lipinski definition) is 0. The van der Waals surface area contributed by atoms with Gasteiger partial charge in [0.25, 0.3) is 0 Å². The number of aryl methyl sites for hydroxylation is 1. The van der Waals surface area contributed by atoms with Crippen molar-refractivity contribution < 1.29 is 4.42 Å². The molecule has 1 aliphatic rings. The lowest BCUT2D eigenvalue weighted by Gasteiger charge is -2.26. The molecule has 0 radical (unpaired) electrons. The second-order valence-electron chi connectivity index (χ2n) is 9.21. The maximum Gasteiger partial charge on any atom is 0.229 e. The fourth-order valence-electron chi connectivity index (χ4n) is 4.03. The van der Waals surface area contributed by atoms with E-state index < -0.39 is 0 Å². The zero-order chi connectivity index (χ0) is 21.3. The number of aromatic nitrogens is 5. The average Bonchev–Trinajstić information content (AvgIpc) is 3.34. The molecular formula is C23H31N5OS. The van der Waals surface area contributed by atoms with Crippen LogP contribution in [0.4, 0.5) is 0 Å². The van der Waals surface area contributed by atoms with E-state index in [0.29, 0.717) is 17.8 Å². The van der Waals surface area contributed by atoms with Gasteiger partial charge in [0.05, 0.1) is 5.25 Å². The van der Waals surface area contributed by atoms with Gasteiger partial charge in [-0.15, -0.1) is 20.4 Å². The summed E-state index contributed by atoms with van der Waals surface area (Å²) in [4.78, 5) is 0. The maximum absolute atomic E-state index is 5.64. The largest absolute Gasteiger partial charge is 0.424 e. The molecule has 0 spiro atoms. The van der Waals surface area contributed by atoms with Crippen LogP contribution in [0.15, 0.2) is 33.8 Å². The lowest BCUT2D eigenvalue weighted by Crippen LogP contribution is -2.15. The molecule has 0 aliphatic heterocycles. The van der Waals surface area contributed by atoms with Crippen molar-refractivity contribution in [2.24, 2.45) is 0 Å². The Morgan fingerprint density at radius 2 is 1.70 bits per heavy atom. The third-order valence-electron chi connectivity index (χ3n) is 5.79. The minimum atomic E-state index is 0.0221. The molecule has 0 saturated heterocycles. The van der Waals surface area contributed by atoms with E-state index in [1.165, 1.54) is 37.7 Å². The van der Waals surface area contributed by atoms with Gasteiger partial charge in [-0.2, -0.15) is 0 Å². The second kappa shape index (κ2) is 8.53. The van der Waals surface area contributed by atoms with Crippen LogP contribution in [-0.4, -0.2) is 25.0 Å². The molecule has 1 aromatic carbocycles. The van der Waals surface area contributed by atoms with Crippen molar-refractivity contribution in [2.45, 2.75) is 88.6 Å². The van der Waals surface area contributed by atoms with Gasteiger partial charge in [0.2, 0.25) is 11.8 Å². The summed E-state index contributed by atoms with van der Waals surface area (Å²) in [6.45, 7) is 10.6. The highest BCUT2D eigenvalue weighted by molar-refractivity contribution is 7.99. The van der Waals surface area contributed by atoms with Gasteiger partial charge in [-0.05, 0) is 30.7 Å². The lowest BCUT2D eigenvalue weighted by molar-refractivity contribution is 0.339. The number of hydrogen-bond acceptors (Lipinski definition) is 6. The van der Waals surface area contributed by atoms with E-state index in [2.05, 4.69) is 76.9 Å². The third kappa shape index (κ3) is 4.46. The quantitative estimate of drug-likeness (QED) is 0.447. The van der Waals surface area contributed by atoms with Crippen LogP contribution >= 0.6 is 11.8 Å². The molecule has 0 bridgehead atoms. The predicted molar refractivity (Wildman–Crippen MR) is 120 cm³/mol. The molecule has 2 heterocycles. The molecular weight excluding hydrogens is 394 g/mol. The predicted octanol–water partition coefficient (Wildman–Crippen LogP) is 6.29. The Morgan fingerprint density at radius 3 is 2.30 bits per heavy atom. The monoisotopic (exact) mass is 425 g/mol. The molecule has 1 saturated carbocycles. The van der Waals surface area contributed by atoms with Crippen molar-refractivity contribution in [3.63, 3.8) is 0 Å². The van der Waals surface area contributed by atoms with Crippen molar-refractivity contribution >= 4 is 11.8 Å². The van der Waals surface area contributed by atoms with Crippen LogP contribution in [0.25, 0.3) is 11.4 Å². The summed E-state index contributed by atoms with van der Waals surface area (Å²) in [7, 11) is 0. The van der Waals surface area contributed by atoms with Gasteiger partial charge in [-0.1, -0.05) is 76.1 Å². The molecule has 1 unspecified atom stereocenters. The van der Waals surface area contributed by atoms with Crippen molar-refractivity contribution in [1.29, 1.82) is 0 Å². The molecule has 1 atom stereocenters. The SMILES string of the molecule is Cc1nnc(C(C)Sc2nnc(-c3ccc(C(C)(C)C)cc3)n2C2CCCCC2)o1. The summed E-state index contributed by atoms with van der Waals surface area (Å²) in [6.07, 6.45) is 6.18. The number of rotatable bonds is 5. The number of benzene rings is 1. The first-order valence-corrected chi connectivity index (χ1v) is 11.7. The minimum absolute atomic E-state index is 0.0221. The summed E-state index contributed by atoms with van der Waals surface area (Å²) in [5, 5.41) is 18.3. The third-order valence-corrected chi connectivity index (χ3v) is 6.83. The normalized spacial score (nSPS) is 16.7. The van der Waals surface area contributed by atoms with Gasteiger partial charge < -0.3 is 4.42 Å². The molecule has 4 rings (SSSR count). The van der Waals surface area contributed by atoms with Gasteiger partial charge in [-0.25, -0.2) is 0 Å². The fraction of sp³-hybridized carbons (Fsp3) is 0.565. The number of thioether (sulfide) groups is 1. The fourth-order valence-corrected chi connectivity index (χ4v) is 4.98. The van der Waals surface area contributed by atoms with Crippen LogP contribution in [0.5, 0.6) is 0 Å². The van der Waals surface area contributed by atoms with Crippen molar-refractivity contribution in [3.8, 4) is 11.4 Å². The summed E-state index contributed by atoms with van der Waals surface area (Å²) in [5.41, 5.74) is 2.58. The van der Waals surface area contributed by atoms with E-state index in [1.54, 1.807) is 11.8 Å². The van der Waals surface area contributed by atoms with Gasteiger partial charge >= 0.3 is 0 Å². The Hall–Kier alpha value is -2.15. The van der Waals surface area contributed by atoms with E-state index in [0.717, 1.165) is 16.5 Å². The van der Waals surface area contributed by atoms with E-state index in [4.69, 9.17) is 4.42 Å². The van der Waals surface area contributed by atoms with Crippen LogP contribution in [0.3, 0.4) is 0 Å². The molecule has 160 valence electrons. The first kappa shape index (κ1) is 21.1. The molecule has 2 aromatic heterocycles. The van der Waals surface area contributed by atoms with E-state index in [9.17, 15) is 0 Å². The summed E-state index contributed by atoms with van der Waals surface area (Å²) in [6, 6.07) is 9.23. The first-order valence-electron chi connectivity index (χ1n) is 10.9. The van der Waals surface area contributed by atoms with Crippen LogP contribution < -0.4 is 0 Å². The van der Waals surface area contributed by atoms with Crippen molar-refractivity contribution in [1.82, 2.24) is 25.0 Å². The van der Waals surface area contributed by atoms with Crippen LogP contribution in [0, 0.1) is 6.92 Å². The highest BCUT2D eigenvalue weighted by Gasteiger charge is 2.26. The smallest absolute Gasteiger partial charge is 0.229 e. The van der Waals surface area contributed by atoms with Crippen LogP contribution in [0.2, 0.25) is 0 Å². The standard InChI is InChI=1S/C23H31N5OS/c1-15(21-26-24-16(2)29-21)30-22-27-25-20(28(22)19-9-7-6-8-10-19)17-11-13-18(14-12-17)23(3,4)5/h11-15,19H,6-10H2,1-5H3. The zero-order valence-electron chi connectivity index (χ0n) is 18.6. The zero-order valence-corrected chi connectivity index (χ0v) is 19.4. The Labute approximate surface area is 182 Å². The molecule has 3 aromatic rings. The van der Waals surface area contributed by atoms with Gasteiger partial charge in [0, 0.05) is 18.5 Å². The second-order valence-corrected chi connectivity index (χ2v) is 10.5. The molecule has 1 aliphatic carbocycles. The molecule has 6 nitrogen and oxygen atoms in total. The lowest BCUT2D eigenvalue weighted by atomic mass is 9.86. The molecule has 0 N–H and O–H groups in total. The Kier molecular flexibility index (Phi) is 6.00. The Balaban J connectivity index is 1.68. The maximum atomic E-state index is 5.64. The van der Waals surface area contributed by atoms with E-state index >= 15 is 0 Å². The topological polar surface area (TPSA) is 69.6 Å². The summed E-state index contributed by atoms with van der Waals surface area (Å²) < 4.78 is 8.00. The van der Waals surface area contributed by atoms with Gasteiger partial charge in [-0.3, -0.25) is 4.57 Å². The summed E-state index contributed by atoms with van der Waals surface area (Å²) in [5.74, 6) is 2.18. The minimum Gasteiger partial charge on any atom is -0.424 e. The number of nitrogens with zero attached hydrogens (tertiary/aromatic N) is 5. The van der Waals surface area contributed by atoms with E-state index in [-0.39, 0.29) is 10.7 Å². The average molecular weight is 426 g/mol. The molecule has 7 heteroatoms.